The second-order valence-corrected chi connectivity index (χ2v) is 5.43. The highest BCUT2D eigenvalue weighted by molar-refractivity contribution is 9.10. The minimum atomic E-state index is -0.536. The van der Waals surface area contributed by atoms with Gasteiger partial charge in [0.25, 0.3) is 5.91 Å². The van der Waals surface area contributed by atoms with Crippen LogP contribution in [0.25, 0.3) is 0 Å². The third-order valence-corrected chi connectivity index (χ3v) is 3.47. The van der Waals surface area contributed by atoms with Crippen LogP contribution in [0.1, 0.15) is 31.1 Å². The average Bonchev–Trinajstić information content (AvgIpc) is 2.33. The molecule has 0 fully saturated rings. The van der Waals surface area contributed by atoms with Gasteiger partial charge in [0.05, 0.1) is 18.2 Å². The Hall–Kier alpha value is -0.940. The third-order valence-electron chi connectivity index (χ3n) is 2.81. The SMILES string of the molecule is CCOCC(NC(=O)c1c(F)cccc1Br)C(C)C. The van der Waals surface area contributed by atoms with E-state index >= 15 is 0 Å². The van der Waals surface area contributed by atoms with Gasteiger partial charge in [-0.25, -0.2) is 4.39 Å². The first kappa shape index (κ1) is 16.1. The lowest BCUT2D eigenvalue weighted by Crippen LogP contribution is -2.42. The molecule has 106 valence electrons. The van der Waals surface area contributed by atoms with Crippen LogP contribution in [0.5, 0.6) is 0 Å². The number of halogens is 2. The highest BCUT2D eigenvalue weighted by atomic mass is 79.9. The lowest BCUT2D eigenvalue weighted by molar-refractivity contribution is 0.0802. The highest BCUT2D eigenvalue weighted by Gasteiger charge is 2.21. The Morgan fingerprint density at radius 1 is 1.47 bits per heavy atom. The van der Waals surface area contributed by atoms with Crippen LogP contribution < -0.4 is 5.32 Å². The molecule has 1 aromatic rings. The molecular weight excluding hydrogens is 313 g/mol. The predicted octanol–water partition coefficient (Wildman–Crippen LogP) is 3.38. The maximum absolute atomic E-state index is 13.7. The smallest absolute Gasteiger partial charge is 0.255 e. The summed E-state index contributed by atoms with van der Waals surface area (Å²) in [4.78, 5) is 12.1. The molecule has 0 radical (unpaired) electrons. The van der Waals surface area contributed by atoms with Gasteiger partial charge in [0, 0.05) is 11.1 Å². The van der Waals surface area contributed by atoms with E-state index in [1.807, 2.05) is 20.8 Å². The van der Waals surface area contributed by atoms with Crippen molar-refractivity contribution >= 4 is 21.8 Å². The number of hydrogen-bond acceptors (Lipinski definition) is 2. The van der Waals surface area contributed by atoms with Crippen molar-refractivity contribution in [1.29, 1.82) is 0 Å². The van der Waals surface area contributed by atoms with Crippen LogP contribution in [0.3, 0.4) is 0 Å². The second-order valence-electron chi connectivity index (χ2n) is 4.58. The lowest BCUT2D eigenvalue weighted by atomic mass is 10.0. The first-order valence-corrected chi connectivity index (χ1v) is 7.09. The van der Waals surface area contributed by atoms with E-state index in [1.54, 1.807) is 12.1 Å². The zero-order valence-electron chi connectivity index (χ0n) is 11.4. The van der Waals surface area contributed by atoms with Gasteiger partial charge >= 0.3 is 0 Å². The minimum absolute atomic E-state index is 0.0321. The Bertz CT molecular complexity index is 417. The number of ether oxygens (including phenoxy) is 1. The van der Waals surface area contributed by atoms with E-state index in [4.69, 9.17) is 4.74 Å². The van der Waals surface area contributed by atoms with Crippen molar-refractivity contribution in [2.45, 2.75) is 26.8 Å². The van der Waals surface area contributed by atoms with E-state index < -0.39 is 11.7 Å². The fraction of sp³-hybridized carbons (Fsp3) is 0.500. The molecule has 1 amide bonds. The summed E-state index contributed by atoms with van der Waals surface area (Å²) < 4.78 is 19.5. The summed E-state index contributed by atoms with van der Waals surface area (Å²) in [6.07, 6.45) is 0. The molecule has 0 aliphatic rings. The fourth-order valence-corrected chi connectivity index (χ4v) is 2.12. The largest absolute Gasteiger partial charge is 0.380 e. The van der Waals surface area contributed by atoms with Crippen molar-refractivity contribution in [1.82, 2.24) is 5.32 Å². The highest BCUT2D eigenvalue weighted by Crippen LogP contribution is 2.20. The van der Waals surface area contributed by atoms with Crippen LogP contribution in [0.2, 0.25) is 0 Å². The van der Waals surface area contributed by atoms with Gasteiger partial charge in [-0.05, 0) is 40.9 Å². The van der Waals surface area contributed by atoms with Gasteiger partial charge in [0.15, 0.2) is 0 Å². The molecule has 5 heteroatoms. The summed E-state index contributed by atoms with van der Waals surface area (Å²) in [7, 11) is 0. The van der Waals surface area contributed by atoms with E-state index in [1.165, 1.54) is 6.07 Å². The molecule has 19 heavy (non-hydrogen) atoms. The molecule has 0 spiro atoms. The number of amides is 1. The van der Waals surface area contributed by atoms with E-state index in [9.17, 15) is 9.18 Å². The van der Waals surface area contributed by atoms with E-state index in [0.717, 1.165) is 0 Å². The van der Waals surface area contributed by atoms with Crippen LogP contribution in [0.15, 0.2) is 22.7 Å². The Morgan fingerprint density at radius 3 is 2.68 bits per heavy atom. The van der Waals surface area contributed by atoms with E-state index in [2.05, 4.69) is 21.2 Å². The van der Waals surface area contributed by atoms with Crippen molar-refractivity contribution in [3.8, 4) is 0 Å². The molecule has 0 aliphatic heterocycles. The summed E-state index contributed by atoms with van der Waals surface area (Å²) >= 11 is 3.20. The summed E-state index contributed by atoms with van der Waals surface area (Å²) in [6, 6.07) is 4.33. The minimum Gasteiger partial charge on any atom is -0.380 e. The first-order valence-electron chi connectivity index (χ1n) is 6.30. The first-order chi connectivity index (χ1) is 8.97. The zero-order chi connectivity index (χ0) is 14.4. The molecule has 1 unspecified atom stereocenters. The molecule has 1 aromatic carbocycles. The van der Waals surface area contributed by atoms with Crippen molar-refractivity contribution in [3.05, 3.63) is 34.1 Å². The predicted molar refractivity (Wildman–Crippen MR) is 76.7 cm³/mol. The van der Waals surface area contributed by atoms with Gasteiger partial charge in [0.2, 0.25) is 0 Å². The maximum atomic E-state index is 13.7. The molecule has 1 rings (SSSR count). The van der Waals surface area contributed by atoms with Crippen molar-refractivity contribution < 1.29 is 13.9 Å². The van der Waals surface area contributed by atoms with Gasteiger partial charge < -0.3 is 10.1 Å². The van der Waals surface area contributed by atoms with Crippen LogP contribution in [-0.4, -0.2) is 25.2 Å². The van der Waals surface area contributed by atoms with Gasteiger partial charge in [-0.2, -0.15) is 0 Å². The van der Waals surface area contributed by atoms with Gasteiger partial charge in [-0.15, -0.1) is 0 Å². The molecule has 0 bridgehead atoms. The van der Waals surface area contributed by atoms with Gasteiger partial charge in [-0.1, -0.05) is 19.9 Å². The number of carbonyl (C=O) groups is 1. The molecule has 0 heterocycles. The lowest BCUT2D eigenvalue weighted by Gasteiger charge is -2.22. The fourth-order valence-electron chi connectivity index (χ4n) is 1.60. The summed E-state index contributed by atoms with van der Waals surface area (Å²) in [5.74, 6) is -0.754. The Labute approximate surface area is 121 Å². The molecule has 0 aromatic heterocycles. The number of benzene rings is 1. The second kappa shape index (κ2) is 7.60. The van der Waals surface area contributed by atoms with Crippen LogP contribution in [-0.2, 0) is 4.74 Å². The zero-order valence-corrected chi connectivity index (χ0v) is 13.0. The number of nitrogens with one attached hydrogen (secondary N) is 1. The normalized spacial score (nSPS) is 12.5. The number of rotatable bonds is 6. The molecule has 0 saturated carbocycles. The monoisotopic (exact) mass is 331 g/mol. The van der Waals surface area contributed by atoms with Crippen molar-refractivity contribution in [3.63, 3.8) is 0 Å². The molecular formula is C14H19BrFNO2. The maximum Gasteiger partial charge on any atom is 0.255 e. The summed E-state index contributed by atoms with van der Waals surface area (Å²) in [5, 5.41) is 2.82. The van der Waals surface area contributed by atoms with Crippen molar-refractivity contribution in [2.75, 3.05) is 13.2 Å². The van der Waals surface area contributed by atoms with Crippen molar-refractivity contribution in [2.24, 2.45) is 5.92 Å². The Kier molecular flexibility index (Phi) is 6.45. The molecule has 0 saturated heterocycles. The average molecular weight is 332 g/mol. The summed E-state index contributed by atoms with van der Waals surface area (Å²) in [6.45, 7) is 6.88. The molecule has 0 aliphatic carbocycles. The Morgan fingerprint density at radius 2 is 2.16 bits per heavy atom. The summed E-state index contributed by atoms with van der Waals surface area (Å²) in [5.41, 5.74) is 0.0321. The van der Waals surface area contributed by atoms with Crippen LogP contribution >= 0.6 is 15.9 Å². The van der Waals surface area contributed by atoms with Crippen LogP contribution in [0, 0.1) is 11.7 Å². The number of hydrogen-bond donors (Lipinski definition) is 1. The number of carbonyl (C=O) groups excluding carboxylic acids is 1. The van der Waals surface area contributed by atoms with Crippen LogP contribution in [0.4, 0.5) is 4.39 Å². The third kappa shape index (κ3) is 4.58. The standard InChI is InChI=1S/C14H19BrFNO2/c1-4-19-8-12(9(2)3)17-14(18)13-10(15)6-5-7-11(13)16/h5-7,9,12H,4,8H2,1-3H3,(H,17,18). The quantitative estimate of drug-likeness (QED) is 0.867. The van der Waals surface area contributed by atoms with Gasteiger partial charge in [-0.3, -0.25) is 4.79 Å². The Balaban J connectivity index is 2.82. The van der Waals surface area contributed by atoms with Gasteiger partial charge in [0.1, 0.15) is 5.82 Å². The van der Waals surface area contributed by atoms with E-state index in [-0.39, 0.29) is 17.5 Å². The molecule has 1 N–H and O–H groups in total. The molecule has 3 nitrogen and oxygen atoms in total. The van der Waals surface area contributed by atoms with E-state index in [0.29, 0.717) is 17.7 Å². The molecule has 1 atom stereocenters. The topological polar surface area (TPSA) is 38.3 Å².